The van der Waals surface area contributed by atoms with Crippen LogP contribution in [-0.2, 0) is 16.1 Å². The maximum atomic E-state index is 12.7. The minimum absolute atomic E-state index is 0.0447. The minimum atomic E-state index is -0.293. The normalized spacial score (nSPS) is 13.8. The fourth-order valence-electron chi connectivity index (χ4n) is 3.14. The van der Waals surface area contributed by atoms with E-state index in [1.807, 2.05) is 42.2 Å². The number of morpholine rings is 1. The Morgan fingerprint density at radius 2 is 1.89 bits per heavy atom. The Morgan fingerprint density at radius 3 is 2.61 bits per heavy atom. The first kappa shape index (κ1) is 19.8. The van der Waals surface area contributed by atoms with Gasteiger partial charge in [-0.2, -0.15) is 0 Å². The van der Waals surface area contributed by atoms with E-state index in [9.17, 15) is 9.59 Å². The van der Waals surface area contributed by atoms with Gasteiger partial charge in [0.2, 0.25) is 5.91 Å². The number of pyridine rings is 1. The highest BCUT2D eigenvalue weighted by atomic mass is 16.5. The van der Waals surface area contributed by atoms with Crippen LogP contribution in [0.15, 0.2) is 48.7 Å². The van der Waals surface area contributed by atoms with Crippen LogP contribution in [0.1, 0.15) is 22.8 Å². The van der Waals surface area contributed by atoms with Crippen LogP contribution in [0.4, 0.5) is 5.82 Å². The topological polar surface area (TPSA) is 74.8 Å². The Bertz CT molecular complexity index is 791. The van der Waals surface area contributed by atoms with Crippen LogP contribution in [0.25, 0.3) is 0 Å². The predicted octanol–water partition coefficient (Wildman–Crippen LogP) is 1.70. The molecule has 1 aromatic carbocycles. The first-order valence-corrected chi connectivity index (χ1v) is 9.56. The molecule has 0 bridgehead atoms. The minimum Gasteiger partial charge on any atom is -0.378 e. The largest absolute Gasteiger partial charge is 0.378 e. The zero-order valence-electron chi connectivity index (χ0n) is 16.1. The highest BCUT2D eigenvalue weighted by molar-refractivity contribution is 6.00. The number of hydrogen-bond donors (Lipinski definition) is 1. The smallest absolute Gasteiger partial charge is 0.255 e. The van der Waals surface area contributed by atoms with Crippen molar-refractivity contribution in [3.05, 3.63) is 59.8 Å². The van der Waals surface area contributed by atoms with E-state index in [2.05, 4.69) is 10.3 Å². The summed E-state index contributed by atoms with van der Waals surface area (Å²) in [6.45, 7) is 5.60. The molecule has 2 heterocycles. The molecular weight excluding hydrogens is 356 g/mol. The fraction of sp³-hybridized carbons (Fsp3) is 0.381. The number of carbonyl (C=O) groups excluding carboxylic acids is 2. The third-order valence-corrected chi connectivity index (χ3v) is 4.69. The van der Waals surface area contributed by atoms with Gasteiger partial charge < -0.3 is 19.9 Å². The molecule has 2 amide bonds. The van der Waals surface area contributed by atoms with Gasteiger partial charge in [-0.05, 0) is 24.6 Å². The van der Waals surface area contributed by atoms with E-state index in [1.54, 1.807) is 23.2 Å². The predicted molar refractivity (Wildman–Crippen MR) is 107 cm³/mol. The lowest BCUT2D eigenvalue weighted by molar-refractivity contribution is -0.130. The van der Waals surface area contributed by atoms with E-state index in [0.717, 1.165) is 5.56 Å². The Kier molecular flexibility index (Phi) is 6.97. The van der Waals surface area contributed by atoms with Crippen molar-refractivity contribution in [2.75, 3.05) is 44.3 Å². The molecule has 0 unspecified atom stereocenters. The van der Waals surface area contributed by atoms with Crippen molar-refractivity contribution in [3.8, 4) is 0 Å². The summed E-state index contributed by atoms with van der Waals surface area (Å²) in [7, 11) is 0. The Labute approximate surface area is 165 Å². The summed E-state index contributed by atoms with van der Waals surface area (Å²) in [6, 6.07) is 13.3. The van der Waals surface area contributed by atoms with E-state index in [-0.39, 0.29) is 18.4 Å². The summed E-state index contributed by atoms with van der Waals surface area (Å²) in [6.07, 6.45) is 1.67. The molecular formula is C21H26N4O3. The molecule has 3 rings (SSSR count). The van der Waals surface area contributed by atoms with Gasteiger partial charge in [0.25, 0.3) is 5.91 Å². The SMILES string of the molecule is CCN(Cc1ccccc1)C(=O)CNC(=O)c1cccnc1N1CCOCC1. The quantitative estimate of drug-likeness (QED) is 0.789. The number of nitrogens with zero attached hydrogens (tertiary/aromatic N) is 3. The fourth-order valence-corrected chi connectivity index (χ4v) is 3.14. The molecule has 0 spiro atoms. The third kappa shape index (κ3) is 5.07. The standard InChI is InChI=1S/C21H26N4O3/c1-2-24(16-17-7-4-3-5-8-17)19(26)15-23-21(27)18-9-6-10-22-20(18)25-11-13-28-14-12-25/h3-10H,2,11-16H2,1H3,(H,23,27). The highest BCUT2D eigenvalue weighted by Crippen LogP contribution is 2.18. The molecule has 148 valence electrons. The number of hydrogen-bond acceptors (Lipinski definition) is 5. The van der Waals surface area contributed by atoms with Crippen molar-refractivity contribution in [2.45, 2.75) is 13.5 Å². The molecule has 7 nitrogen and oxygen atoms in total. The van der Waals surface area contributed by atoms with E-state index in [0.29, 0.717) is 50.8 Å². The number of likely N-dealkylation sites (N-methyl/N-ethyl adjacent to an activating group) is 1. The molecule has 1 N–H and O–H groups in total. The second-order valence-electron chi connectivity index (χ2n) is 6.55. The zero-order chi connectivity index (χ0) is 19.8. The molecule has 0 atom stereocenters. The number of anilines is 1. The van der Waals surface area contributed by atoms with Gasteiger partial charge in [0.15, 0.2) is 0 Å². The summed E-state index contributed by atoms with van der Waals surface area (Å²) in [5, 5.41) is 2.75. The van der Waals surface area contributed by atoms with E-state index < -0.39 is 0 Å². The highest BCUT2D eigenvalue weighted by Gasteiger charge is 2.21. The number of aromatic nitrogens is 1. The van der Waals surface area contributed by atoms with Crippen molar-refractivity contribution < 1.29 is 14.3 Å². The number of nitrogens with one attached hydrogen (secondary N) is 1. The van der Waals surface area contributed by atoms with Crippen LogP contribution < -0.4 is 10.2 Å². The molecule has 1 saturated heterocycles. The lowest BCUT2D eigenvalue weighted by Gasteiger charge is -2.29. The Hall–Kier alpha value is -2.93. The van der Waals surface area contributed by atoms with Crippen LogP contribution in [-0.4, -0.2) is 61.1 Å². The first-order valence-electron chi connectivity index (χ1n) is 9.56. The lowest BCUT2D eigenvalue weighted by atomic mass is 10.2. The van der Waals surface area contributed by atoms with Gasteiger partial charge >= 0.3 is 0 Å². The average Bonchev–Trinajstić information content (AvgIpc) is 2.77. The Balaban J connectivity index is 1.61. The van der Waals surface area contributed by atoms with Gasteiger partial charge in [0.1, 0.15) is 5.82 Å². The Morgan fingerprint density at radius 1 is 1.14 bits per heavy atom. The van der Waals surface area contributed by atoms with Crippen LogP contribution in [0, 0.1) is 0 Å². The number of amides is 2. The molecule has 2 aromatic rings. The van der Waals surface area contributed by atoms with E-state index in [4.69, 9.17) is 4.74 Å². The van der Waals surface area contributed by atoms with Crippen LogP contribution in [0.3, 0.4) is 0 Å². The van der Waals surface area contributed by atoms with Gasteiger partial charge in [0.05, 0.1) is 25.3 Å². The van der Waals surface area contributed by atoms with Gasteiger partial charge in [-0.3, -0.25) is 9.59 Å². The molecule has 0 aliphatic carbocycles. The van der Waals surface area contributed by atoms with Crippen LogP contribution in [0.2, 0.25) is 0 Å². The molecule has 1 fully saturated rings. The lowest BCUT2D eigenvalue weighted by Crippen LogP contribution is -2.41. The number of carbonyl (C=O) groups is 2. The molecule has 1 aromatic heterocycles. The summed E-state index contributed by atoms with van der Waals surface area (Å²) >= 11 is 0. The summed E-state index contributed by atoms with van der Waals surface area (Å²) in [4.78, 5) is 33.4. The van der Waals surface area contributed by atoms with Crippen molar-refractivity contribution in [2.24, 2.45) is 0 Å². The van der Waals surface area contributed by atoms with E-state index in [1.165, 1.54) is 0 Å². The van der Waals surface area contributed by atoms with Crippen molar-refractivity contribution in [1.82, 2.24) is 15.2 Å². The van der Waals surface area contributed by atoms with Crippen LogP contribution >= 0.6 is 0 Å². The second kappa shape index (κ2) is 9.85. The summed E-state index contributed by atoms with van der Waals surface area (Å²) in [5.41, 5.74) is 1.54. The van der Waals surface area contributed by atoms with Gasteiger partial charge in [0, 0.05) is 32.4 Å². The molecule has 1 aliphatic heterocycles. The van der Waals surface area contributed by atoms with Gasteiger partial charge in [-0.15, -0.1) is 0 Å². The van der Waals surface area contributed by atoms with Crippen molar-refractivity contribution >= 4 is 17.6 Å². The summed E-state index contributed by atoms with van der Waals surface area (Å²) in [5.74, 6) is 0.225. The number of ether oxygens (including phenoxy) is 1. The van der Waals surface area contributed by atoms with E-state index >= 15 is 0 Å². The number of rotatable bonds is 7. The molecule has 0 radical (unpaired) electrons. The maximum Gasteiger partial charge on any atom is 0.255 e. The molecule has 7 heteroatoms. The molecule has 1 aliphatic rings. The van der Waals surface area contributed by atoms with Crippen LogP contribution in [0.5, 0.6) is 0 Å². The van der Waals surface area contributed by atoms with Crippen molar-refractivity contribution in [1.29, 1.82) is 0 Å². The monoisotopic (exact) mass is 382 g/mol. The van der Waals surface area contributed by atoms with Crippen molar-refractivity contribution in [3.63, 3.8) is 0 Å². The average molecular weight is 382 g/mol. The summed E-state index contributed by atoms with van der Waals surface area (Å²) < 4.78 is 5.37. The zero-order valence-corrected chi connectivity index (χ0v) is 16.1. The molecule has 28 heavy (non-hydrogen) atoms. The first-order chi connectivity index (χ1) is 13.7. The molecule has 0 saturated carbocycles. The van der Waals surface area contributed by atoms with Gasteiger partial charge in [-0.25, -0.2) is 4.98 Å². The maximum absolute atomic E-state index is 12.7. The number of benzene rings is 1. The van der Waals surface area contributed by atoms with Gasteiger partial charge in [-0.1, -0.05) is 30.3 Å². The third-order valence-electron chi connectivity index (χ3n) is 4.69. The second-order valence-corrected chi connectivity index (χ2v) is 6.55.